The Morgan fingerprint density at radius 1 is 1.57 bits per heavy atom. The first-order chi connectivity index (χ1) is 9.90. The van der Waals surface area contributed by atoms with E-state index in [0.717, 1.165) is 39.3 Å². The van der Waals surface area contributed by atoms with Gasteiger partial charge in [-0.3, -0.25) is 9.69 Å². The first kappa shape index (κ1) is 19.1. The van der Waals surface area contributed by atoms with Gasteiger partial charge in [0, 0.05) is 39.8 Å². The number of nitrogens with zero attached hydrogens (tertiary/aromatic N) is 2. The normalized spacial score (nSPS) is 22.4. The number of morpholine rings is 1. The minimum absolute atomic E-state index is 0.112. The zero-order valence-electron chi connectivity index (χ0n) is 13.7. The smallest absolute Gasteiger partial charge is 0.269 e. The summed E-state index contributed by atoms with van der Waals surface area (Å²) < 4.78 is 5.78. The van der Waals surface area contributed by atoms with E-state index in [1.54, 1.807) is 4.90 Å². The van der Waals surface area contributed by atoms with E-state index in [9.17, 15) is 4.79 Å². The van der Waals surface area contributed by atoms with Crippen molar-refractivity contribution in [3.63, 3.8) is 0 Å². The van der Waals surface area contributed by atoms with Gasteiger partial charge in [0.2, 0.25) is 0 Å². The predicted molar refractivity (Wildman–Crippen MR) is 95.8 cm³/mol. The molecule has 0 aliphatic carbocycles. The summed E-state index contributed by atoms with van der Waals surface area (Å²) in [6, 6.07) is 0. The quantitative estimate of drug-likeness (QED) is 0.374. The number of hydrogen-bond donors (Lipinski definition) is 3. The molecule has 21 heavy (non-hydrogen) atoms. The number of carbonyl (C=O) groups is 1. The van der Waals surface area contributed by atoms with Gasteiger partial charge in [0.15, 0.2) is 0 Å². The highest BCUT2D eigenvalue weighted by atomic mass is 33.1. The minimum atomic E-state index is -0.855. The van der Waals surface area contributed by atoms with E-state index in [0.29, 0.717) is 12.5 Å². The van der Waals surface area contributed by atoms with Crippen LogP contribution in [0.3, 0.4) is 0 Å². The fourth-order valence-electron chi connectivity index (χ4n) is 2.35. The van der Waals surface area contributed by atoms with E-state index < -0.39 is 9.93 Å². The van der Waals surface area contributed by atoms with Crippen LogP contribution in [0.2, 0.25) is 0 Å². The van der Waals surface area contributed by atoms with Crippen molar-refractivity contribution in [2.75, 3.05) is 59.2 Å². The maximum absolute atomic E-state index is 11.9. The Kier molecular flexibility index (Phi) is 9.04. The molecule has 1 rings (SSSR count). The molecule has 7 heteroatoms. The fraction of sp³-hybridized carbons (Fsp3) is 0.929. The topological polar surface area (TPSA) is 44.8 Å². The van der Waals surface area contributed by atoms with Crippen molar-refractivity contribution < 1.29 is 9.53 Å². The van der Waals surface area contributed by atoms with Gasteiger partial charge >= 0.3 is 0 Å². The van der Waals surface area contributed by atoms with Gasteiger partial charge in [0.25, 0.3) is 5.24 Å². The Morgan fingerprint density at radius 3 is 2.90 bits per heavy atom. The molecular formula is C14H31N3O2S2. The lowest BCUT2D eigenvalue weighted by Gasteiger charge is -2.35. The van der Waals surface area contributed by atoms with Crippen LogP contribution in [0.5, 0.6) is 0 Å². The molecule has 1 saturated heterocycles. The van der Waals surface area contributed by atoms with Crippen molar-refractivity contribution in [1.29, 1.82) is 0 Å². The molecule has 0 aromatic rings. The van der Waals surface area contributed by atoms with E-state index in [-0.39, 0.29) is 11.3 Å². The minimum Gasteiger partial charge on any atom is -0.374 e. The van der Waals surface area contributed by atoms with Crippen LogP contribution in [0.25, 0.3) is 0 Å². The van der Waals surface area contributed by atoms with Crippen molar-refractivity contribution in [3.05, 3.63) is 0 Å². The molecule has 0 bridgehead atoms. The summed E-state index contributed by atoms with van der Waals surface area (Å²) in [7, 11) is 0.983. The molecule has 1 unspecified atom stereocenters. The average Bonchev–Trinajstić information content (AvgIpc) is 2.42. The van der Waals surface area contributed by atoms with E-state index in [1.165, 1.54) is 0 Å². The third kappa shape index (κ3) is 7.74. The van der Waals surface area contributed by atoms with Crippen molar-refractivity contribution in [2.24, 2.45) is 5.92 Å². The third-order valence-corrected chi connectivity index (χ3v) is 4.87. The summed E-state index contributed by atoms with van der Waals surface area (Å²) in [4.78, 5) is 16.0. The number of nitrogens with one attached hydrogen (secondary N) is 1. The van der Waals surface area contributed by atoms with Gasteiger partial charge in [-0.25, -0.2) is 0 Å². The zero-order valence-corrected chi connectivity index (χ0v) is 15.5. The van der Waals surface area contributed by atoms with Gasteiger partial charge in [-0.15, -0.1) is 21.6 Å². The molecule has 0 aromatic carbocycles. The van der Waals surface area contributed by atoms with Crippen LogP contribution < -0.4 is 5.32 Å². The fourth-order valence-corrected chi connectivity index (χ4v) is 3.39. The maximum atomic E-state index is 11.9. The Morgan fingerprint density at radius 2 is 2.29 bits per heavy atom. The average molecular weight is 338 g/mol. The van der Waals surface area contributed by atoms with E-state index in [2.05, 4.69) is 35.7 Å². The molecule has 1 heterocycles. The van der Waals surface area contributed by atoms with Gasteiger partial charge in [-0.2, -0.15) is 0 Å². The van der Waals surface area contributed by atoms with Crippen LogP contribution in [0.1, 0.15) is 13.8 Å². The van der Waals surface area contributed by atoms with Crippen LogP contribution in [0.4, 0.5) is 4.79 Å². The Balaban J connectivity index is 2.27. The summed E-state index contributed by atoms with van der Waals surface area (Å²) in [5, 5.41) is 3.58. The van der Waals surface area contributed by atoms with Crippen molar-refractivity contribution >= 4 is 26.8 Å². The second-order valence-electron chi connectivity index (χ2n) is 6.08. The Hall–Kier alpha value is 0.0500. The van der Waals surface area contributed by atoms with E-state index in [1.807, 2.05) is 13.3 Å². The lowest BCUT2D eigenvalue weighted by atomic mass is 10.2. The summed E-state index contributed by atoms with van der Waals surface area (Å²) in [5.74, 6) is 0.687. The van der Waals surface area contributed by atoms with Crippen molar-refractivity contribution in [2.45, 2.75) is 20.0 Å². The molecule has 126 valence electrons. The molecular weight excluding hydrogens is 306 g/mol. The number of likely N-dealkylation sites (N-methyl/N-ethyl adjacent to an activating group) is 1. The molecule has 0 saturated carbocycles. The molecule has 0 spiro atoms. The van der Waals surface area contributed by atoms with Crippen molar-refractivity contribution in [1.82, 2.24) is 15.1 Å². The summed E-state index contributed by atoms with van der Waals surface area (Å²) in [6.07, 6.45) is 1.98. The molecule has 0 aromatic heterocycles. The number of hydrogen-bond acceptors (Lipinski definition) is 5. The molecule has 1 fully saturated rings. The molecule has 0 radical (unpaired) electrons. The lowest BCUT2D eigenvalue weighted by Crippen LogP contribution is -2.49. The van der Waals surface area contributed by atoms with Crippen molar-refractivity contribution in [3.8, 4) is 0 Å². The highest BCUT2D eigenvalue weighted by Crippen LogP contribution is 2.28. The molecule has 1 amide bonds. The molecule has 5 nitrogen and oxygen atoms in total. The van der Waals surface area contributed by atoms with Crippen LogP contribution in [-0.2, 0) is 4.74 Å². The van der Waals surface area contributed by atoms with Crippen LogP contribution in [-0.4, -0.2) is 80.3 Å². The van der Waals surface area contributed by atoms with E-state index >= 15 is 0 Å². The largest absolute Gasteiger partial charge is 0.374 e. The Labute approximate surface area is 136 Å². The zero-order chi connectivity index (χ0) is 15.8. The number of thiol groups is 2. The number of rotatable bonds is 7. The predicted octanol–water partition coefficient (Wildman–Crippen LogP) is 1.46. The second kappa shape index (κ2) is 9.94. The second-order valence-corrected chi connectivity index (χ2v) is 9.31. The van der Waals surface area contributed by atoms with Crippen LogP contribution >= 0.6 is 21.6 Å². The van der Waals surface area contributed by atoms with Crippen LogP contribution in [0, 0.1) is 5.92 Å². The molecule has 1 aliphatic heterocycles. The number of amides is 1. The number of carbonyl (C=O) groups excluding carboxylic acids is 1. The summed E-state index contributed by atoms with van der Waals surface area (Å²) >= 11 is 4.26. The molecule has 2 atom stereocenters. The van der Waals surface area contributed by atoms with E-state index in [4.69, 9.17) is 4.74 Å². The Bertz CT molecular complexity index is 317. The lowest BCUT2D eigenvalue weighted by molar-refractivity contribution is -0.0350. The van der Waals surface area contributed by atoms with Crippen LogP contribution in [0.15, 0.2) is 0 Å². The first-order valence-electron chi connectivity index (χ1n) is 7.62. The highest BCUT2D eigenvalue weighted by Gasteiger charge is 2.23. The maximum Gasteiger partial charge on any atom is 0.269 e. The van der Waals surface area contributed by atoms with Gasteiger partial charge in [-0.1, -0.05) is 13.8 Å². The third-order valence-electron chi connectivity index (χ3n) is 3.46. The van der Waals surface area contributed by atoms with Gasteiger partial charge < -0.3 is 15.0 Å². The van der Waals surface area contributed by atoms with Gasteiger partial charge in [0.1, 0.15) is 0 Å². The molecule has 1 N–H and O–H groups in total. The standard InChI is InChI=1S/C14H31N3O2S2/c1-12(2)9-15-5-6-17-7-8-19-13(11-17)10-16(3)14(18)21(4)20/h12-13,15,20-21H,5-11H2,1-4H3/t13-/m0/s1. The summed E-state index contributed by atoms with van der Waals surface area (Å²) in [6.45, 7) is 10.8. The SMILES string of the molecule is CC(C)CNCCN1CCO[C@@H](CN(C)C(=O)[SH](C)S)C1. The monoisotopic (exact) mass is 337 g/mol. The summed E-state index contributed by atoms with van der Waals surface area (Å²) in [5.41, 5.74) is 0. The first-order valence-corrected chi connectivity index (χ1v) is 10.6. The van der Waals surface area contributed by atoms with Gasteiger partial charge in [0.05, 0.1) is 12.7 Å². The number of ether oxygens (including phenoxy) is 1. The van der Waals surface area contributed by atoms with Gasteiger partial charge in [-0.05, 0) is 18.7 Å². The highest BCUT2D eigenvalue weighted by molar-refractivity contribution is 8.84. The molecule has 1 aliphatic rings.